The van der Waals surface area contributed by atoms with Crippen LogP contribution in [0.15, 0.2) is 36.4 Å². The molecule has 0 spiro atoms. The maximum atomic E-state index is 12.3. The van der Waals surface area contributed by atoms with E-state index in [9.17, 15) is 19.7 Å². The third-order valence-corrected chi connectivity index (χ3v) is 4.24. The van der Waals surface area contributed by atoms with Crippen LogP contribution in [0.25, 0.3) is 0 Å². The van der Waals surface area contributed by atoms with Crippen LogP contribution in [-0.4, -0.2) is 34.8 Å². The van der Waals surface area contributed by atoms with Crippen LogP contribution in [0.3, 0.4) is 0 Å². The number of nitrogens with zero attached hydrogens (tertiary/aromatic N) is 2. The van der Waals surface area contributed by atoms with Gasteiger partial charge in [-0.05, 0) is 18.2 Å². The predicted molar refractivity (Wildman–Crippen MR) is 90.4 cm³/mol. The van der Waals surface area contributed by atoms with Crippen LogP contribution in [0.2, 0.25) is 10.0 Å². The van der Waals surface area contributed by atoms with E-state index in [1.54, 1.807) is 18.2 Å². The first-order chi connectivity index (χ1) is 11.9. The number of ether oxygens (including phenoxy) is 1. The van der Waals surface area contributed by atoms with E-state index < -0.39 is 16.7 Å². The molecule has 7 nitrogen and oxygen atoms in total. The van der Waals surface area contributed by atoms with Crippen molar-refractivity contribution in [1.29, 1.82) is 0 Å². The van der Waals surface area contributed by atoms with Gasteiger partial charge in [0.2, 0.25) is 0 Å². The highest BCUT2D eigenvalue weighted by atomic mass is 35.5. The number of nitro groups is 1. The van der Waals surface area contributed by atoms with Crippen LogP contribution in [-0.2, 0) is 0 Å². The smallest absolute Gasteiger partial charge is 0.270 e. The third kappa shape index (κ3) is 3.16. The summed E-state index contributed by atoms with van der Waals surface area (Å²) in [6, 6.07) is 8.43. The molecular formula is C16H10Cl2N2O5. The number of benzene rings is 2. The maximum absolute atomic E-state index is 12.3. The fraction of sp³-hybridized carbons (Fsp3) is 0.125. The average molecular weight is 381 g/mol. The lowest BCUT2D eigenvalue weighted by Crippen LogP contribution is -2.33. The van der Waals surface area contributed by atoms with E-state index in [2.05, 4.69) is 0 Å². The molecule has 0 saturated heterocycles. The summed E-state index contributed by atoms with van der Waals surface area (Å²) in [5.74, 6) is -0.862. The highest BCUT2D eigenvalue weighted by Crippen LogP contribution is 2.32. The van der Waals surface area contributed by atoms with Crippen molar-refractivity contribution >= 4 is 40.7 Å². The SMILES string of the molecule is O=C1c2ccc([N+](=O)[O-])cc2C(=O)N1CCOc1c(Cl)cccc1Cl. The van der Waals surface area contributed by atoms with E-state index in [-0.39, 0.29) is 35.7 Å². The first-order valence-corrected chi connectivity index (χ1v) is 7.87. The van der Waals surface area contributed by atoms with Crippen molar-refractivity contribution < 1.29 is 19.2 Å². The molecule has 0 aromatic heterocycles. The second-order valence-electron chi connectivity index (χ2n) is 5.15. The average Bonchev–Trinajstić information content (AvgIpc) is 2.81. The van der Waals surface area contributed by atoms with Crippen molar-refractivity contribution in [2.24, 2.45) is 0 Å². The first kappa shape index (κ1) is 17.2. The molecule has 9 heteroatoms. The van der Waals surface area contributed by atoms with Gasteiger partial charge in [0.15, 0.2) is 5.75 Å². The zero-order chi connectivity index (χ0) is 18.1. The van der Waals surface area contributed by atoms with Gasteiger partial charge in [0.1, 0.15) is 6.61 Å². The van der Waals surface area contributed by atoms with Gasteiger partial charge in [-0.25, -0.2) is 0 Å². The highest BCUT2D eigenvalue weighted by molar-refractivity contribution is 6.37. The number of para-hydroxylation sites is 1. The summed E-state index contributed by atoms with van der Waals surface area (Å²) in [6.07, 6.45) is 0. The molecule has 2 amide bonds. The van der Waals surface area contributed by atoms with Crippen LogP contribution in [0, 0.1) is 10.1 Å². The Hall–Kier alpha value is -2.64. The van der Waals surface area contributed by atoms with Crippen LogP contribution in [0.1, 0.15) is 20.7 Å². The van der Waals surface area contributed by atoms with Crippen LogP contribution in [0.5, 0.6) is 5.75 Å². The van der Waals surface area contributed by atoms with Gasteiger partial charge in [0.05, 0.1) is 32.6 Å². The van der Waals surface area contributed by atoms with Crippen LogP contribution in [0.4, 0.5) is 5.69 Å². The monoisotopic (exact) mass is 380 g/mol. The maximum Gasteiger partial charge on any atom is 0.270 e. The summed E-state index contributed by atoms with van der Waals surface area (Å²) in [5.41, 5.74) is -0.109. The molecule has 0 fully saturated rings. The molecule has 0 aliphatic carbocycles. The van der Waals surface area contributed by atoms with E-state index in [0.717, 1.165) is 11.0 Å². The molecule has 0 bridgehead atoms. The molecule has 3 rings (SSSR count). The largest absolute Gasteiger partial charge is 0.489 e. The van der Waals surface area contributed by atoms with Gasteiger partial charge in [0.25, 0.3) is 17.5 Å². The molecule has 128 valence electrons. The minimum absolute atomic E-state index is 0.00924. The number of imide groups is 1. The van der Waals surface area contributed by atoms with Crippen molar-refractivity contribution in [1.82, 2.24) is 4.90 Å². The molecule has 0 atom stereocenters. The van der Waals surface area contributed by atoms with Crippen molar-refractivity contribution in [3.05, 3.63) is 67.7 Å². The Morgan fingerprint density at radius 2 is 1.68 bits per heavy atom. The summed E-state index contributed by atoms with van der Waals surface area (Å²) in [5, 5.41) is 11.4. The number of nitro benzene ring substituents is 1. The Morgan fingerprint density at radius 3 is 2.32 bits per heavy atom. The summed E-state index contributed by atoms with van der Waals surface area (Å²) >= 11 is 12.0. The van der Waals surface area contributed by atoms with E-state index in [1.807, 2.05) is 0 Å². The highest BCUT2D eigenvalue weighted by Gasteiger charge is 2.36. The van der Waals surface area contributed by atoms with Crippen molar-refractivity contribution in [3.63, 3.8) is 0 Å². The predicted octanol–water partition coefficient (Wildman–Crippen LogP) is 3.58. The van der Waals surface area contributed by atoms with Crippen molar-refractivity contribution in [2.75, 3.05) is 13.2 Å². The number of hydrogen-bond donors (Lipinski definition) is 0. The summed E-state index contributed by atoms with van der Waals surface area (Å²) in [6.45, 7) is -0.0568. The topological polar surface area (TPSA) is 89.8 Å². The number of hydrogen-bond acceptors (Lipinski definition) is 5. The zero-order valence-corrected chi connectivity index (χ0v) is 14.1. The van der Waals surface area contributed by atoms with E-state index in [4.69, 9.17) is 27.9 Å². The number of rotatable bonds is 5. The van der Waals surface area contributed by atoms with Crippen molar-refractivity contribution in [3.8, 4) is 5.75 Å². The van der Waals surface area contributed by atoms with E-state index in [0.29, 0.717) is 10.0 Å². The normalized spacial score (nSPS) is 13.1. The van der Waals surface area contributed by atoms with E-state index >= 15 is 0 Å². The lowest BCUT2D eigenvalue weighted by molar-refractivity contribution is -0.384. The van der Waals surface area contributed by atoms with Gasteiger partial charge in [0, 0.05) is 12.1 Å². The van der Waals surface area contributed by atoms with Gasteiger partial charge in [-0.3, -0.25) is 24.6 Å². The zero-order valence-electron chi connectivity index (χ0n) is 12.6. The molecule has 0 N–H and O–H groups in total. The van der Waals surface area contributed by atoms with Gasteiger partial charge in [-0.2, -0.15) is 0 Å². The van der Waals surface area contributed by atoms with Gasteiger partial charge >= 0.3 is 0 Å². The fourth-order valence-electron chi connectivity index (χ4n) is 2.45. The fourth-order valence-corrected chi connectivity index (χ4v) is 2.96. The lowest BCUT2D eigenvalue weighted by Gasteiger charge is -2.15. The van der Waals surface area contributed by atoms with E-state index in [1.165, 1.54) is 12.1 Å². The Kier molecular flexibility index (Phi) is 4.61. The van der Waals surface area contributed by atoms with Gasteiger partial charge in [-0.15, -0.1) is 0 Å². The Labute approximate surface area is 151 Å². The molecule has 25 heavy (non-hydrogen) atoms. The minimum atomic E-state index is -0.622. The second kappa shape index (κ2) is 6.70. The third-order valence-electron chi connectivity index (χ3n) is 3.65. The number of carbonyl (C=O) groups excluding carboxylic acids is 2. The minimum Gasteiger partial charge on any atom is -0.489 e. The number of carbonyl (C=O) groups is 2. The molecule has 1 heterocycles. The second-order valence-corrected chi connectivity index (χ2v) is 5.96. The molecular weight excluding hydrogens is 371 g/mol. The molecule has 2 aromatic carbocycles. The van der Waals surface area contributed by atoms with Gasteiger partial charge < -0.3 is 4.74 Å². The quantitative estimate of drug-likeness (QED) is 0.449. The molecule has 0 unspecified atom stereocenters. The Bertz CT molecular complexity index is 880. The molecule has 0 radical (unpaired) electrons. The first-order valence-electron chi connectivity index (χ1n) is 7.11. The molecule has 1 aliphatic heterocycles. The summed E-state index contributed by atoms with van der Waals surface area (Å²) in [7, 11) is 0. The lowest BCUT2D eigenvalue weighted by atomic mass is 10.1. The number of non-ortho nitro benzene ring substituents is 1. The standard InChI is InChI=1S/C16H10Cl2N2O5/c17-12-2-1-3-13(18)14(12)25-7-6-19-15(21)10-5-4-9(20(23)24)8-11(10)16(19)22/h1-5,8H,6-7H2. The summed E-state index contributed by atoms with van der Waals surface area (Å²) < 4.78 is 5.47. The number of halogens is 2. The summed E-state index contributed by atoms with van der Waals surface area (Å²) in [4.78, 5) is 35.8. The van der Waals surface area contributed by atoms with Crippen molar-refractivity contribution in [2.45, 2.75) is 0 Å². The Morgan fingerprint density at radius 1 is 1.04 bits per heavy atom. The number of amides is 2. The van der Waals surface area contributed by atoms with Crippen LogP contribution < -0.4 is 4.74 Å². The molecule has 2 aromatic rings. The van der Waals surface area contributed by atoms with Crippen LogP contribution >= 0.6 is 23.2 Å². The molecule has 1 aliphatic rings. The molecule has 0 saturated carbocycles. The Balaban J connectivity index is 1.73. The van der Waals surface area contributed by atoms with Gasteiger partial charge in [-0.1, -0.05) is 29.3 Å². The number of fused-ring (bicyclic) bond motifs is 1.